The minimum Gasteiger partial charge on any atom is -0.455 e. The van der Waals surface area contributed by atoms with Crippen LogP contribution in [0.25, 0.3) is 93.6 Å². The van der Waals surface area contributed by atoms with Crippen molar-refractivity contribution in [2.45, 2.75) is 0 Å². The average Bonchev–Trinajstić information content (AvgIpc) is 3.88. The van der Waals surface area contributed by atoms with E-state index in [9.17, 15) is 0 Å². The summed E-state index contributed by atoms with van der Waals surface area (Å²) in [5, 5.41) is 7.17. The van der Waals surface area contributed by atoms with Gasteiger partial charge in [-0.25, -0.2) is 0 Å². The van der Waals surface area contributed by atoms with E-state index in [1.54, 1.807) is 0 Å². The molecule has 0 aliphatic heterocycles. The first-order valence-corrected chi connectivity index (χ1v) is 20.8. The number of hydrogen-bond donors (Lipinski definition) is 0. The number of para-hydroxylation sites is 3. The smallest absolute Gasteiger partial charge is 0.143 e. The van der Waals surface area contributed by atoms with Gasteiger partial charge >= 0.3 is 0 Å². The van der Waals surface area contributed by atoms with Gasteiger partial charge in [0.25, 0.3) is 0 Å². The van der Waals surface area contributed by atoms with Crippen molar-refractivity contribution in [2.75, 3.05) is 4.90 Å². The van der Waals surface area contributed by atoms with Gasteiger partial charge in [0, 0.05) is 49.9 Å². The molecule has 2 aromatic heterocycles. The first kappa shape index (κ1) is 34.9. The predicted octanol–water partition coefficient (Wildman–Crippen LogP) is 16.3. The van der Waals surface area contributed by atoms with E-state index in [4.69, 9.17) is 4.42 Å². The Balaban J connectivity index is 0.975. The van der Waals surface area contributed by atoms with Crippen molar-refractivity contribution in [3.63, 3.8) is 0 Å². The van der Waals surface area contributed by atoms with Crippen LogP contribution in [0, 0.1) is 0 Å². The SMILES string of the molecule is c1ccc(-c2cccc3c2oc2ccc(-c4ccc(N(c5ccc(-c6cccc7ccccc67)cc5)c5ccc6c(c5)c5ccccc5n6-c5ccccc5)cc4)cc23)cc1. The fourth-order valence-corrected chi connectivity index (χ4v) is 9.30. The van der Waals surface area contributed by atoms with Crippen LogP contribution in [0.3, 0.4) is 0 Å². The standard InChI is InChI=1S/C58H38N2O/c1-3-13-41(14-4-1)50-22-12-23-52-54-37-43(29-36-57(54)61-58(50)52)39-25-30-45(31-26-39)59(46-32-27-42(28-33-46)49-21-11-16-40-15-7-8-19-48(40)49)47-34-35-56-53(38-47)51-20-9-10-24-55(51)60(56)44-17-5-2-6-18-44/h1-38H. The summed E-state index contributed by atoms with van der Waals surface area (Å²) >= 11 is 0. The number of furan rings is 1. The molecule has 0 aliphatic carbocycles. The van der Waals surface area contributed by atoms with Gasteiger partial charge in [-0.05, 0) is 111 Å². The zero-order chi connectivity index (χ0) is 40.3. The van der Waals surface area contributed by atoms with E-state index in [2.05, 4.69) is 234 Å². The number of benzene rings is 10. The van der Waals surface area contributed by atoms with Crippen molar-refractivity contribution in [1.82, 2.24) is 4.57 Å². The molecule has 0 spiro atoms. The molecule has 0 atom stereocenters. The molecule has 0 N–H and O–H groups in total. The lowest BCUT2D eigenvalue weighted by Crippen LogP contribution is -2.10. The molecule has 3 nitrogen and oxygen atoms in total. The number of hydrogen-bond acceptors (Lipinski definition) is 2. The number of nitrogens with zero attached hydrogens (tertiary/aromatic N) is 2. The molecule has 0 amide bonds. The maximum absolute atomic E-state index is 6.51. The third kappa shape index (κ3) is 5.90. The molecule has 0 radical (unpaired) electrons. The molecule has 61 heavy (non-hydrogen) atoms. The van der Waals surface area contributed by atoms with Crippen molar-refractivity contribution in [2.24, 2.45) is 0 Å². The Morgan fingerprint density at radius 1 is 0.328 bits per heavy atom. The van der Waals surface area contributed by atoms with Crippen LogP contribution in [0.2, 0.25) is 0 Å². The van der Waals surface area contributed by atoms with Gasteiger partial charge in [0.1, 0.15) is 11.2 Å². The van der Waals surface area contributed by atoms with Crippen LogP contribution in [0.4, 0.5) is 17.1 Å². The predicted molar refractivity (Wildman–Crippen MR) is 257 cm³/mol. The molecule has 12 rings (SSSR count). The highest BCUT2D eigenvalue weighted by Crippen LogP contribution is 2.42. The van der Waals surface area contributed by atoms with Crippen LogP contribution < -0.4 is 4.90 Å². The average molecular weight is 779 g/mol. The number of fused-ring (bicyclic) bond motifs is 7. The molecule has 0 saturated carbocycles. The lowest BCUT2D eigenvalue weighted by atomic mass is 9.98. The molecular formula is C58H38N2O. The van der Waals surface area contributed by atoms with Crippen molar-refractivity contribution < 1.29 is 4.42 Å². The van der Waals surface area contributed by atoms with E-state index in [0.717, 1.165) is 66.9 Å². The maximum Gasteiger partial charge on any atom is 0.143 e. The summed E-state index contributed by atoms with van der Waals surface area (Å²) in [6.45, 7) is 0. The van der Waals surface area contributed by atoms with Crippen molar-refractivity contribution in [1.29, 1.82) is 0 Å². The Morgan fingerprint density at radius 2 is 0.902 bits per heavy atom. The molecular weight excluding hydrogens is 741 g/mol. The second-order valence-corrected chi connectivity index (χ2v) is 15.7. The third-order valence-corrected chi connectivity index (χ3v) is 12.2. The molecule has 0 saturated heterocycles. The van der Waals surface area contributed by atoms with Gasteiger partial charge in [-0.15, -0.1) is 0 Å². The van der Waals surface area contributed by atoms with Gasteiger partial charge in [-0.1, -0.05) is 158 Å². The van der Waals surface area contributed by atoms with Crippen LogP contribution in [0.1, 0.15) is 0 Å². The quantitative estimate of drug-likeness (QED) is 0.161. The van der Waals surface area contributed by atoms with Gasteiger partial charge in [-0.3, -0.25) is 0 Å². The van der Waals surface area contributed by atoms with E-state index >= 15 is 0 Å². The molecule has 3 heteroatoms. The highest BCUT2D eigenvalue weighted by Gasteiger charge is 2.19. The summed E-state index contributed by atoms with van der Waals surface area (Å²) in [6, 6.07) is 82.9. The Labute approximate surface area is 353 Å². The molecule has 10 aromatic carbocycles. The van der Waals surface area contributed by atoms with E-state index < -0.39 is 0 Å². The Kier molecular flexibility index (Phi) is 8.17. The summed E-state index contributed by atoms with van der Waals surface area (Å²) < 4.78 is 8.88. The number of aromatic nitrogens is 1. The fourth-order valence-electron chi connectivity index (χ4n) is 9.30. The molecule has 0 fully saturated rings. The highest BCUT2D eigenvalue weighted by atomic mass is 16.3. The minimum absolute atomic E-state index is 0.890. The van der Waals surface area contributed by atoms with E-state index in [0.29, 0.717) is 0 Å². The van der Waals surface area contributed by atoms with Crippen LogP contribution in [-0.4, -0.2) is 4.57 Å². The van der Waals surface area contributed by atoms with Gasteiger partial charge < -0.3 is 13.9 Å². The maximum atomic E-state index is 6.51. The van der Waals surface area contributed by atoms with Crippen LogP contribution >= 0.6 is 0 Å². The van der Waals surface area contributed by atoms with Crippen LogP contribution in [-0.2, 0) is 0 Å². The summed E-state index contributed by atoms with van der Waals surface area (Å²) in [6.07, 6.45) is 0. The summed E-state index contributed by atoms with van der Waals surface area (Å²) in [5.74, 6) is 0. The second-order valence-electron chi connectivity index (χ2n) is 15.7. The second kappa shape index (κ2) is 14.3. The monoisotopic (exact) mass is 778 g/mol. The van der Waals surface area contributed by atoms with Crippen LogP contribution in [0.15, 0.2) is 235 Å². The minimum atomic E-state index is 0.890. The summed E-state index contributed by atoms with van der Waals surface area (Å²) in [5.41, 5.74) is 15.5. The topological polar surface area (TPSA) is 21.3 Å². The summed E-state index contributed by atoms with van der Waals surface area (Å²) in [7, 11) is 0. The molecule has 2 heterocycles. The van der Waals surface area contributed by atoms with Crippen LogP contribution in [0.5, 0.6) is 0 Å². The Morgan fingerprint density at radius 3 is 1.70 bits per heavy atom. The lowest BCUT2D eigenvalue weighted by molar-refractivity contribution is 0.670. The molecule has 0 aliphatic rings. The first-order chi connectivity index (χ1) is 30.2. The highest BCUT2D eigenvalue weighted by molar-refractivity contribution is 6.12. The molecule has 0 bridgehead atoms. The lowest BCUT2D eigenvalue weighted by Gasteiger charge is -2.26. The number of rotatable bonds is 7. The Bertz CT molecular complexity index is 3560. The van der Waals surface area contributed by atoms with Gasteiger partial charge in [0.2, 0.25) is 0 Å². The van der Waals surface area contributed by atoms with Crippen molar-refractivity contribution in [3.05, 3.63) is 231 Å². The molecule has 286 valence electrons. The van der Waals surface area contributed by atoms with E-state index in [1.807, 2.05) is 6.07 Å². The fraction of sp³-hybridized carbons (Fsp3) is 0. The number of anilines is 3. The van der Waals surface area contributed by atoms with E-state index in [1.165, 1.54) is 43.7 Å². The molecule has 0 unspecified atom stereocenters. The largest absolute Gasteiger partial charge is 0.455 e. The third-order valence-electron chi connectivity index (χ3n) is 12.2. The van der Waals surface area contributed by atoms with Gasteiger partial charge in [0.15, 0.2) is 0 Å². The first-order valence-electron chi connectivity index (χ1n) is 20.8. The van der Waals surface area contributed by atoms with Crippen molar-refractivity contribution >= 4 is 71.6 Å². The van der Waals surface area contributed by atoms with E-state index in [-0.39, 0.29) is 0 Å². The summed E-state index contributed by atoms with van der Waals surface area (Å²) in [4.78, 5) is 2.38. The normalized spacial score (nSPS) is 11.6. The van der Waals surface area contributed by atoms with Crippen molar-refractivity contribution in [3.8, 4) is 39.1 Å². The zero-order valence-corrected chi connectivity index (χ0v) is 33.2. The Hall–Kier alpha value is -8.14. The van der Waals surface area contributed by atoms with Gasteiger partial charge in [-0.2, -0.15) is 0 Å². The van der Waals surface area contributed by atoms with Gasteiger partial charge in [0.05, 0.1) is 11.0 Å². The molecule has 12 aromatic rings. The zero-order valence-electron chi connectivity index (χ0n) is 33.2.